The number of ether oxygens (including phenoxy) is 1. The van der Waals surface area contributed by atoms with Crippen molar-refractivity contribution in [1.29, 1.82) is 0 Å². The average molecular weight is 271 g/mol. The first kappa shape index (κ1) is 15.3. The molecule has 8 heteroatoms. The summed E-state index contributed by atoms with van der Waals surface area (Å²) in [4.78, 5) is 11.5. The highest BCUT2D eigenvalue weighted by Gasteiger charge is 2.20. The van der Waals surface area contributed by atoms with Crippen LogP contribution < -0.4 is 9.97 Å². The lowest BCUT2D eigenvalue weighted by molar-refractivity contribution is 0.0635. The van der Waals surface area contributed by atoms with Gasteiger partial charge in [-0.15, -0.1) is 0 Å². The molecule has 0 aliphatic carbocycles. The molecule has 1 amide bonds. The molecule has 0 saturated heterocycles. The summed E-state index contributed by atoms with van der Waals surface area (Å²) in [5.74, 6) is -1.33. The summed E-state index contributed by atoms with van der Waals surface area (Å²) in [5.41, 5.74) is -0.900. The Morgan fingerprint density at radius 3 is 2.53 bits per heavy atom. The predicted octanol–water partition coefficient (Wildman–Crippen LogP) is 1.52. The molecule has 19 heavy (non-hydrogen) atoms. The van der Waals surface area contributed by atoms with E-state index in [0.29, 0.717) is 0 Å². The van der Waals surface area contributed by atoms with Gasteiger partial charge in [0.1, 0.15) is 11.4 Å². The molecule has 0 unspecified atom stereocenters. The van der Waals surface area contributed by atoms with E-state index in [1.165, 1.54) is 18.2 Å². The van der Waals surface area contributed by atoms with Crippen LogP contribution in [-0.4, -0.2) is 29.1 Å². The van der Waals surface area contributed by atoms with E-state index >= 15 is 0 Å². The second-order valence-corrected chi connectivity index (χ2v) is 4.69. The van der Waals surface area contributed by atoms with Crippen molar-refractivity contribution in [2.75, 3.05) is 5.32 Å². The summed E-state index contributed by atoms with van der Waals surface area (Å²) < 4.78 is 23.2. The second-order valence-electron chi connectivity index (χ2n) is 4.69. The van der Waals surface area contributed by atoms with Crippen LogP contribution in [0.25, 0.3) is 0 Å². The first-order valence-electron chi connectivity index (χ1n) is 5.50. The Balaban J connectivity index is 2.82. The van der Waals surface area contributed by atoms with Crippen LogP contribution in [0.15, 0.2) is 18.2 Å². The van der Waals surface area contributed by atoms with Gasteiger partial charge in [-0.25, -0.2) is 9.18 Å². The molecule has 0 aliphatic rings. The SMILES string of the molecule is CC(C)(C)OC(=O)Nc1cccc(OB(O)O)c1F. The van der Waals surface area contributed by atoms with Crippen LogP contribution in [0.5, 0.6) is 5.75 Å². The topological polar surface area (TPSA) is 88.0 Å². The molecule has 0 atom stereocenters. The van der Waals surface area contributed by atoms with E-state index in [2.05, 4.69) is 9.97 Å². The summed E-state index contributed by atoms with van der Waals surface area (Å²) in [6.45, 7) is 5.01. The van der Waals surface area contributed by atoms with Crippen LogP contribution in [0.4, 0.5) is 14.9 Å². The molecule has 0 aliphatic heterocycles. The Labute approximate surface area is 110 Å². The van der Waals surface area contributed by atoms with Gasteiger partial charge in [-0.1, -0.05) is 6.07 Å². The molecule has 3 N–H and O–H groups in total. The van der Waals surface area contributed by atoms with E-state index in [4.69, 9.17) is 14.8 Å². The zero-order valence-corrected chi connectivity index (χ0v) is 10.8. The van der Waals surface area contributed by atoms with E-state index in [1.54, 1.807) is 20.8 Å². The monoisotopic (exact) mass is 271 g/mol. The number of rotatable bonds is 3. The Hall–Kier alpha value is -1.80. The number of hydrogen-bond acceptors (Lipinski definition) is 5. The second kappa shape index (κ2) is 5.90. The van der Waals surface area contributed by atoms with Crippen molar-refractivity contribution in [1.82, 2.24) is 0 Å². The lowest BCUT2D eigenvalue weighted by Crippen LogP contribution is -2.27. The third-order valence-electron chi connectivity index (χ3n) is 1.83. The highest BCUT2D eigenvalue weighted by molar-refractivity contribution is 6.33. The molecule has 1 aromatic rings. The molecule has 0 saturated carbocycles. The molecule has 0 bridgehead atoms. The maximum absolute atomic E-state index is 13.8. The van der Waals surface area contributed by atoms with Crippen molar-refractivity contribution in [2.45, 2.75) is 26.4 Å². The fraction of sp³-hybridized carbons (Fsp3) is 0.364. The number of nitrogens with one attached hydrogen (secondary N) is 1. The highest BCUT2D eigenvalue weighted by atomic mass is 19.1. The standard InChI is InChI=1S/C11H15BFNO5/c1-11(2,3)18-10(15)14-7-5-4-6-8(9(7)13)19-12(16)17/h4-6,16-17H,1-3H3,(H,14,15). The molecular formula is C11H15BFNO5. The molecule has 0 spiro atoms. The number of benzene rings is 1. The molecule has 104 valence electrons. The van der Waals surface area contributed by atoms with Gasteiger partial charge in [0.25, 0.3) is 0 Å². The molecular weight excluding hydrogens is 256 g/mol. The van der Waals surface area contributed by atoms with Crippen LogP contribution >= 0.6 is 0 Å². The summed E-state index contributed by atoms with van der Waals surface area (Å²) in [7, 11) is -2.15. The van der Waals surface area contributed by atoms with E-state index in [1.807, 2.05) is 0 Å². The summed E-state index contributed by atoms with van der Waals surface area (Å²) in [5, 5.41) is 19.4. The van der Waals surface area contributed by atoms with Crippen molar-refractivity contribution < 1.29 is 28.6 Å². The minimum atomic E-state index is -2.15. The zero-order chi connectivity index (χ0) is 14.6. The minimum absolute atomic E-state index is 0.188. The van der Waals surface area contributed by atoms with Gasteiger partial charge in [0.05, 0.1) is 5.69 Å². The highest BCUT2D eigenvalue weighted by Crippen LogP contribution is 2.25. The maximum atomic E-state index is 13.8. The first-order chi connectivity index (χ1) is 8.69. The smallest absolute Gasteiger partial charge is 0.509 e. The molecule has 0 radical (unpaired) electrons. The maximum Gasteiger partial charge on any atom is 0.707 e. The van der Waals surface area contributed by atoms with Crippen molar-refractivity contribution in [3.05, 3.63) is 24.0 Å². The summed E-state index contributed by atoms with van der Waals surface area (Å²) in [6.07, 6.45) is -0.826. The van der Waals surface area contributed by atoms with Crippen molar-refractivity contribution in [3.63, 3.8) is 0 Å². The number of anilines is 1. The van der Waals surface area contributed by atoms with E-state index in [9.17, 15) is 9.18 Å². The molecule has 1 rings (SSSR count). The molecule has 0 heterocycles. The van der Waals surface area contributed by atoms with Crippen molar-refractivity contribution in [3.8, 4) is 5.75 Å². The van der Waals surface area contributed by atoms with E-state index in [0.717, 1.165) is 0 Å². The third kappa shape index (κ3) is 5.15. The molecule has 6 nitrogen and oxygen atoms in total. The normalized spacial score (nSPS) is 10.8. The van der Waals surface area contributed by atoms with Gasteiger partial charge in [0.15, 0.2) is 5.82 Å². The Kier molecular flexibility index (Phi) is 4.74. The predicted molar refractivity (Wildman–Crippen MR) is 67.1 cm³/mol. The first-order valence-corrected chi connectivity index (χ1v) is 5.50. The van der Waals surface area contributed by atoms with Gasteiger partial charge < -0.3 is 19.4 Å². The fourth-order valence-electron chi connectivity index (χ4n) is 1.23. The number of carbonyl (C=O) groups is 1. The summed E-state index contributed by atoms with van der Waals surface area (Å²) >= 11 is 0. The number of amides is 1. The van der Waals surface area contributed by atoms with Gasteiger partial charge in [0, 0.05) is 0 Å². The van der Waals surface area contributed by atoms with Crippen molar-refractivity contribution >= 4 is 19.1 Å². The Morgan fingerprint density at radius 2 is 2.00 bits per heavy atom. The van der Waals surface area contributed by atoms with Crippen LogP contribution in [0.2, 0.25) is 0 Å². The van der Waals surface area contributed by atoms with Crippen molar-refractivity contribution in [2.24, 2.45) is 0 Å². The van der Waals surface area contributed by atoms with E-state index < -0.39 is 30.6 Å². The largest absolute Gasteiger partial charge is 0.707 e. The number of carbonyl (C=O) groups excluding carboxylic acids is 1. The third-order valence-corrected chi connectivity index (χ3v) is 1.83. The minimum Gasteiger partial charge on any atom is -0.509 e. The van der Waals surface area contributed by atoms with Gasteiger partial charge in [0.2, 0.25) is 0 Å². The van der Waals surface area contributed by atoms with Crippen LogP contribution in [0.3, 0.4) is 0 Å². The molecule has 1 aromatic carbocycles. The fourth-order valence-corrected chi connectivity index (χ4v) is 1.23. The Bertz CT molecular complexity index is 461. The van der Waals surface area contributed by atoms with E-state index in [-0.39, 0.29) is 5.69 Å². The van der Waals surface area contributed by atoms with Gasteiger partial charge in [-0.3, -0.25) is 5.32 Å². The zero-order valence-electron chi connectivity index (χ0n) is 10.8. The Morgan fingerprint density at radius 1 is 1.37 bits per heavy atom. The van der Waals surface area contributed by atoms with Gasteiger partial charge >= 0.3 is 13.4 Å². The number of hydrogen-bond donors (Lipinski definition) is 3. The quantitative estimate of drug-likeness (QED) is 0.725. The molecule has 0 fully saturated rings. The van der Waals surface area contributed by atoms with Crippen LogP contribution in [0, 0.1) is 5.82 Å². The van der Waals surface area contributed by atoms with Crippen LogP contribution in [0.1, 0.15) is 20.8 Å². The number of halogens is 1. The lowest BCUT2D eigenvalue weighted by Gasteiger charge is -2.20. The van der Waals surface area contributed by atoms with Gasteiger partial charge in [-0.2, -0.15) is 0 Å². The van der Waals surface area contributed by atoms with Gasteiger partial charge in [-0.05, 0) is 32.9 Å². The summed E-state index contributed by atoms with van der Waals surface area (Å²) in [6, 6.07) is 3.86. The average Bonchev–Trinajstić information content (AvgIpc) is 2.20. The molecule has 0 aromatic heterocycles. The lowest BCUT2D eigenvalue weighted by atomic mass is 10.2. The van der Waals surface area contributed by atoms with Crippen LogP contribution in [-0.2, 0) is 4.74 Å².